The van der Waals surface area contributed by atoms with E-state index in [4.69, 9.17) is 0 Å². The van der Waals surface area contributed by atoms with Crippen LogP contribution in [0.15, 0.2) is 59.5 Å². The van der Waals surface area contributed by atoms with Crippen LogP contribution in [0.1, 0.15) is 5.56 Å². The molecular weight excluding hydrogens is 288 g/mol. The number of anilines is 1. The molecule has 114 valence electrons. The fourth-order valence-corrected chi connectivity index (χ4v) is 2.82. The second-order valence-electron chi connectivity index (χ2n) is 5.47. The van der Waals surface area contributed by atoms with Crippen molar-refractivity contribution in [3.63, 3.8) is 0 Å². The molecule has 4 aromatic rings. The molecule has 2 heterocycles. The van der Waals surface area contributed by atoms with Gasteiger partial charge in [0.15, 0.2) is 0 Å². The van der Waals surface area contributed by atoms with E-state index < -0.39 is 0 Å². The Balaban J connectivity index is 1.52. The number of para-hydroxylation sites is 2. The van der Waals surface area contributed by atoms with E-state index in [1.54, 1.807) is 6.07 Å². The van der Waals surface area contributed by atoms with Gasteiger partial charge in [-0.25, -0.2) is 4.98 Å². The molecule has 0 aliphatic rings. The number of aromatic nitrogens is 3. The van der Waals surface area contributed by atoms with Crippen molar-refractivity contribution >= 4 is 27.8 Å². The van der Waals surface area contributed by atoms with Crippen molar-refractivity contribution in [1.82, 2.24) is 15.0 Å². The highest BCUT2D eigenvalue weighted by Gasteiger charge is 2.05. The first-order valence-electron chi connectivity index (χ1n) is 7.59. The Labute approximate surface area is 132 Å². The van der Waals surface area contributed by atoms with Gasteiger partial charge in [-0.1, -0.05) is 30.3 Å². The minimum Gasteiger partial charge on any atom is -0.361 e. The van der Waals surface area contributed by atoms with Gasteiger partial charge in [0, 0.05) is 23.6 Å². The summed E-state index contributed by atoms with van der Waals surface area (Å²) in [6.07, 6.45) is 2.88. The number of hydrogen-bond donors (Lipinski definition) is 3. The molecule has 5 nitrogen and oxygen atoms in total. The maximum atomic E-state index is 12.0. The second-order valence-corrected chi connectivity index (χ2v) is 5.47. The molecule has 0 saturated carbocycles. The summed E-state index contributed by atoms with van der Waals surface area (Å²) in [5, 5.41) is 5.04. The molecule has 2 aromatic heterocycles. The molecule has 23 heavy (non-hydrogen) atoms. The van der Waals surface area contributed by atoms with Gasteiger partial charge in [-0.3, -0.25) is 9.78 Å². The molecule has 0 unspecified atom stereocenters. The minimum absolute atomic E-state index is 0.120. The lowest BCUT2D eigenvalue weighted by atomic mass is 10.1. The summed E-state index contributed by atoms with van der Waals surface area (Å²) in [4.78, 5) is 22.5. The molecular formula is C18H16N4O. The monoisotopic (exact) mass is 304 g/mol. The second kappa shape index (κ2) is 5.61. The number of fused-ring (bicyclic) bond motifs is 2. The zero-order valence-corrected chi connectivity index (χ0v) is 12.5. The summed E-state index contributed by atoms with van der Waals surface area (Å²) in [7, 11) is 0. The van der Waals surface area contributed by atoms with Gasteiger partial charge in [0.1, 0.15) is 0 Å². The Morgan fingerprint density at radius 2 is 1.78 bits per heavy atom. The van der Waals surface area contributed by atoms with Crippen LogP contribution in [0.25, 0.3) is 21.8 Å². The average molecular weight is 304 g/mol. The molecule has 5 heteroatoms. The van der Waals surface area contributed by atoms with Crippen LogP contribution >= 0.6 is 0 Å². The Hall–Kier alpha value is -3.08. The molecule has 0 fully saturated rings. The van der Waals surface area contributed by atoms with Crippen LogP contribution in [0.4, 0.5) is 5.95 Å². The summed E-state index contributed by atoms with van der Waals surface area (Å²) in [6, 6.07) is 15.6. The van der Waals surface area contributed by atoms with Gasteiger partial charge < -0.3 is 10.3 Å². The maximum Gasteiger partial charge on any atom is 0.260 e. The Kier molecular flexibility index (Phi) is 3.31. The van der Waals surface area contributed by atoms with Gasteiger partial charge in [0.05, 0.1) is 10.9 Å². The lowest BCUT2D eigenvalue weighted by Gasteiger charge is -2.06. The highest BCUT2D eigenvalue weighted by Crippen LogP contribution is 2.18. The van der Waals surface area contributed by atoms with E-state index in [-0.39, 0.29) is 5.56 Å². The first-order chi connectivity index (χ1) is 11.3. The summed E-state index contributed by atoms with van der Waals surface area (Å²) in [6.45, 7) is 0.698. The standard InChI is InChI=1S/C18H16N4O/c23-17-14-6-2-4-8-16(14)21-18(22-17)19-10-9-12-11-20-15-7-3-1-5-13(12)15/h1-8,11,20H,9-10H2,(H2,19,21,22,23). The number of H-pyrrole nitrogens is 2. The number of hydrogen-bond acceptors (Lipinski definition) is 3. The SMILES string of the molecule is O=c1[nH]c(NCCc2c[nH]c3ccccc23)nc2ccccc12. The van der Waals surface area contributed by atoms with Crippen LogP contribution in [0.2, 0.25) is 0 Å². The summed E-state index contributed by atoms with van der Waals surface area (Å²) < 4.78 is 0. The third-order valence-corrected chi connectivity index (χ3v) is 3.97. The van der Waals surface area contributed by atoms with E-state index in [9.17, 15) is 4.79 Å². The molecule has 0 bridgehead atoms. The third-order valence-electron chi connectivity index (χ3n) is 3.97. The molecule has 2 aromatic carbocycles. The van der Waals surface area contributed by atoms with Gasteiger partial charge in [0.2, 0.25) is 5.95 Å². The predicted molar refractivity (Wildman–Crippen MR) is 92.9 cm³/mol. The summed E-state index contributed by atoms with van der Waals surface area (Å²) >= 11 is 0. The van der Waals surface area contributed by atoms with Crippen molar-refractivity contribution in [2.45, 2.75) is 6.42 Å². The normalized spacial score (nSPS) is 11.1. The smallest absolute Gasteiger partial charge is 0.260 e. The Morgan fingerprint density at radius 3 is 2.70 bits per heavy atom. The lowest BCUT2D eigenvalue weighted by molar-refractivity contribution is 0.992. The van der Waals surface area contributed by atoms with Crippen LogP contribution in [0.3, 0.4) is 0 Å². The van der Waals surface area contributed by atoms with Crippen molar-refractivity contribution in [3.05, 3.63) is 70.6 Å². The molecule has 0 aliphatic heterocycles. The fraction of sp³-hybridized carbons (Fsp3) is 0.111. The van der Waals surface area contributed by atoms with E-state index in [1.807, 2.05) is 36.5 Å². The van der Waals surface area contributed by atoms with Crippen molar-refractivity contribution < 1.29 is 0 Å². The largest absolute Gasteiger partial charge is 0.361 e. The number of nitrogens with one attached hydrogen (secondary N) is 3. The maximum absolute atomic E-state index is 12.0. The first kappa shape index (κ1) is 13.6. The first-order valence-corrected chi connectivity index (χ1v) is 7.59. The minimum atomic E-state index is -0.120. The van der Waals surface area contributed by atoms with E-state index >= 15 is 0 Å². The molecule has 0 atom stereocenters. The predicted octanol–water partition coefficient (Wildman–Crippen LogP) is 3.06. The van der Waals surface area contributed by atoms with Crippen molar-refractivity contribution in [2.75, 3.05) is 11.9 Å². The van der Waals surface area contributed by atoms with Gasteiger partial charge in [0.25, 0.3) is 5.56 Å². The van der Waals surface area contributed by atoms with E-state index in [0.717, 1.165) is 11.9 Å². The van der Waals surface area contributed by atoms with Crippen molar-refractivity contribution in [2.24, 2.45) is 0 Å². The molecule has 0 aliphatic carbocycles. The molecule has 0 radical (unpaired) electrons. The molecule has 4 rings (SSSR count). The van der Waals surface area contributed by atoms with Crippen molar-refractivity contribution in [3.8, 4) is 0 Å². The topological polar surface area (TPSA) is 73.6 Å². The van der Waals surface area contributed by atoms with Gasteiger partial charge in [-0.05, 0) is 30.2 Å². The van der Waals surface area contributed by atoms with Gasteiger partial charge >= 0.3 is 0 Å². The number of nitrogens with zero attached hydrogens (tertiary/aromatic N) is 1. The quantitative estimate of drug-likeness (QED) is 0.542. The fourth-order valence-electron chi connectivity index (χ4n) is 2.82. The van der Waals surface area contributed by atoms with E-state index in [2.05, 4.69) is 32.4 Å². The van der Waals surface area contributed by atoms with Crippen LogP contribution < -0.4 is 10.9 Å². The number of benzene rings is 2. The zero-order valence-electron chi connectivity index (χ0n) is 12.5. The molecule has 0 spiro atoms. The number of aromatic amines is 2. The van der Waals surface area contributed by atoms with Crippen LogP contribution in [-0.4, -0.2) is 21.5 Å². The highest BCUT2D eigenvalue weighted by molar-refractivity contribution is 5.83. The van der Waals surface area contributed by atoms with Crippen LogP contribution in [-0.2, 0) is 6.42 Å². The molecule has 3 N–H and O–H groups in total. The Morgan fingerprint density at radius 1 is 1.00 bits per heavy atom. The molecule has 0 amide bonds. The van der Waals surface area contributed by atoms with Gasteiger partial charge in [-0.2, -0.15) is 0 Å². The Bertz CT molecular complexity index is 1030. The van der Waals surface area contributed by atoms with E-state index in [1.165, 1.54) is 10.9 Å². The van der Waals surface area contributed by atoms with Crippen molar-refractivity contribution in [1.29, 1.82) is 0 Å². The summed E-state index contributed by atoms with van der Waals surface area (Å²) in [5.41, 5.74) is 2.96. The van der Waals surface area contributed by atoms with Gasteiger partial charge in [-0.15, -0.1) is 0 Å². The third kappa shape index (κ3) is 2.57. The van der Waals surface area contributed by atoms with Crippen LogP contribution in [0, 0.1) is 0 Å². The highest BCUT2D eigenvalue weighted by atomic mass is 16.1. The summed E-state index contributed by atoms with van der Waals surface area (Å²) in [5.74, 6) is 0.508. The van der Waals surface area contributed by atoms with Crippen LogP contribution in [0.5, 0.6) is 0 Å². The average Bonchev–Trinajstić information content (AvgIpc) is 2.98. The molecule has 0 saturated heterocycles. The number of rotatable bonds is 4. The zero-order chi connectivity index (χ0) is 15.6. The van der Waals surface area contributed by atoms with E-state index in [0.29, 0.717) is 23.4 Å². The lowest BCUT2D eigenvalue weighted by Crippen LogP contribution is -2.14.